The van der Waals surface area contributed by atoms with Crippen LogP contribution in [0.4, 0.5) is 17.6 Å². The smallest absolute Gasteiger partial charge is 0.316 e. The highest BCUT2D eigenvalue weighted by Gasteiger charge is 2.30. The molecule has 1 N–H and O–H groups in total. The number of hydrogen-bond donors (Lipinski definition) is 1. The van der Waals surface area contributed by atoms with E-state index in [0.717, 1.165) is 71.8 Å². The Hall–Kier alpha value is -4.33. The Morgan fingerprint density at radius 1 is 0.880 bits per heavy atom. The van der Waals surface area contributed by atoms with Crippen LogP contribution in [0.3, 0.4) is 0 Å². The van der Waals surface area contributed by atoms with E-state index in [4.69, 9.17) is 0 Å². The number of rotatable bonds is 13. The molecule has 0 saturated carbocycles. The molecule has 1 aliphatic carbocycles. The summed E-state index contributed by atoms with van der Waals surface area (Å²) in [7, 11) is 4.04. The normalized spacial score (nSPS) is 13.6. The molecule has 2 aromatic heterocycles. The Morgan fingerprint density at radius 2 is 1.54 bits per heavy atom. The van der Waals surface area contributed by atoms with Crippen molar-refractivity contribution in [2.75, 3.05) is 27.2 Å². The number of hydrogen-bond acceptors (Lipinski definition) is 7. The molecule has 6 rings (SSSR count). The number of nitrogens with zero attached hydrogens (tertiary/aromatic N) is 6. The second-order valence-electron chi connectivity index (χ2n) is 12.8. The lowest BCUT2D eigenvalue weighted by atomic mass is 10.0. The van der Waals surface area contributed by atoms with Crippen molar-refractivity contribution in [1.29, 1.82) is 0 Å². The molecule has 1 unspecified atom stereocenters. The minimum absolute atomic E-state index is 0.118. The molecule has 50 heavy (non-hydrogen) atoms. The van der Waals surface area contributed by atoms with E-state index < -0.39 is 11.7 Å². The van der Waals surface area contributed by atoms with Gasteiger partial charge in [-0.2, -0.15) is 18.2 Å². The van der Waals surface area contributed by atoms with Crippen LogP contribution in [0.25, 0.3) is 11.1 Å². The lowest BCUT2D eigenvalue weighted by molar-refractivity contribution is -0.137. The van der Waals surface area contributed by atoms with Crippen LogP contribution < -0.4 is 10.9 Å². The quantitative estimate of drug-likeness (QED) is 0.0825. The Labute approximate surface area is 292 Å². The van der Waals surface area contributed by atoms with Gasteiger partial charge in [0.15, 0.2) is 11.0 Å². The van der Waals surface area contributed by atoms with Gasteiger partial charge >= 0.3 is 6.18 Å². The van der Waals surface area contributed by atoms with Crippen LogP contribution in [0.1, 0.15) is 59.0 Å². The first-order valence-electron chi connectivity index (χ1n) is 16.5. The SMILES string of the molecule is CC(NCCN(C)C)c1nnc(Cn2c(SCc3ccc(F)cc3)nc(=O)c3c2CCC3)n1Cc1ccc(-c2ccc(C(F)(F)F)cc2)cc1. The summed E-state index contributed by atoms with van der Waals surface area (Å²) >= 11 is 1.44. The van der Waals surface area contributed by atoms with Crippen molar-refractivity contribution >= 4 is 11.8 Å². The average Bonchev–Trinajstić information content (AvgIpc) is 3.74. The largest absolute Gasteiger partial charge is 0.416 e. The number of thioether (sulfide) groups is 1. The molecule has 3 aromatic carbocycles. The highest BCUT2D eigenvalue weighted by molar-refractivity contribution is 7.98. The first-order chi connectivity index (χ1) is 24.0. The fourth-order valence-corrected chi connectivity index (χ4v) is 7.09. The zero-order valence-corrected chi connectivity index (χ0v) is 29.0. The molecule has 1 aliphatic rings. The van der Waals surface area contributed by atoms with Gasteiger partial charge in [0.1, 0.15) is 11.6 Å². The fourth-order valence-electron chi connectivity index (χ4n) is 6.12. The van der Waals surface area contributed by atoms with Gasteiger partial charge in [-0.3, -0.25) is 4.79 Å². The second-order valence-corrected chi connectivity index (χ2v) is 13.7. The summed E-state index contributed by atoms with van der Waals surface area (Å²) < 4.78 is 57.0. The van der Waals surface area contributed by atoms with Crippen LogP contribution in [-0.4, -0.2) is 56.4 Å². The van der Waals surface area contributed by atoms with E-state index in [9.17, 15) is 22.4 Å². The van der Waals surface area contributed by atoms with E-state index in [1.165, 1.54) is 36.0 Å². The van der Waals surface area contributed by atoms with Crippen LogP contribution in [0.15, 0.2) is 82.7 Å². The van der Waals surface area contributed by atoms with Crippen molar-refractivity contribution < 1.29 is 17.6 Å². The molecule has 0 saturated heterocycles. The maximum absolute atomic E-state index is 13.5. The van der Waals surface area contributed by atoms with Gasteiger partial charge in [-0.25, -0.2) is 4.39 Å². The summed E-state index contributed by atoms with van der Waals surface area (Å²) in [5.74, 6) is 1.68. The molecule has 0 aliphatic heterocycles. The van der Waals surface area contributed by atoms with Crippen molar-refractivity contribution in [2.24, 2.45) is 0 Å². The molecule has 8 nitrogen and oxygen atoms in total. The van der Waals surface area contributed by atoms with Crippen LogP contribution in [0.2, 0.25) is 0 Å². The summed E-state index contributed by atoms with van der Waals surface area (Å²) in [6, 6.07) is 19.1. The second kappa shape index (κ2) is 15.3. The minimum Gasteiger partial charge on any atom is -0.316 e. The molecule has 262 valence electrons. The maximum Gasteiger partial charge on any atom is 0.416 e. The van der Waals surface area contributed by atoms with E-state index in [1.54, 1.807) is 12.1 Å². The Morgan fingerprint density at radius 3 is 2.20 bits per heavy atom. The molecule has 0 radical (unpaired) electrons. The van der Waals surface area contributed by atoms with Crippen LogP contribution in [-0.2, 0) is 37.9 Å². The molecule has 0 fully saturated rings. The summed E-state index contributed by atoms with van der Waals surface area (Å²) in [4.78, 5) is 19.7. The molecule has 2 heterocycles. The first kappa shape index (κ1) is 35.5. The summed E-state index contributed by atoms with van der Waals surface area (Å²) in [6.45, 7) is 4.46. The zero-order valence-electron chi connectivity index (χ0n) is 28.2. The number of benzene rings is 3. The molecule has 0 bridgehead atoms. The van der Waals surface area contributed by atoms with Crippen molar-refractivity contribution in [3.63, 3.8) is 0 Å². The third-order valence-electron chi connectivity index (χ3n) is 8.87. The van der Waals surface area contributed by atoms with E-state index in [1.807, 2.05) is 38.4 Å². The lowest BCUT2D eigenvalue weighted by Gasteiger charge is -2.20. The van der Waals surface area contributed by atoms with Crippen LogP contribution >= 0.6 is 11.8 Å². The van der Waals surface area contributed by atoms with Crippen LogP contribution in [0, 0.1) is 5.82 Å². The van der Waals surface area contributed by atoms with Gasteiger partial charge in [0.2, 0.25) is 0 Å². The Kier molecular flexibility index (Phi) is 10.8. The average molecular weight is 706 g/mol. The monoisotopic (exact) mass is 705 g/mol. The summed E-state index contributed by atoms with van der Waals surface area (Å²) in [5, 5.41) is 13.4. The summed E-state index contributed by atoms with van der Waals surface area (Å²) in [6.07, 6.45) is -2.08. The molecule has 0 spiro atoms. The number of likely N-dealkylation sites (N-methyl/N-ethyl adjacent to an activating group) is 1. The third-order valence-corrected chi connectivity index (χ3v) is 9.92. The predicted molar refractivity (Wildman–Crippen MR) is 187 cm³/mol. The van der Waals surface area contributed by atoms with Gasteiger partial charge in [0.05, 0.1) is 24.7 Å². The van der Waals surface area contributed by atoms with Crippen molar-refractivity contribution in [3.8, 4) is 11.1 Å². The Bertz CT molecular complexity index is 1970. The van der Waals surface area contributed by atoms with E-state index in [-0.39, 0.29) is 17.4 Å². The molecule has 0 amide bonds. The Balaban J connectivity index is 1.31. The standard InChI is InChI=1S/C37H39F4N7OS/c1-24(42-19-20-46(2)3)34-45-44-33(48(34)21-25-7-11-27(12-8-25)28-13-15-29(16-14-28)37(39,40)41)22-47-32-6-4-5-31(32)35(49)43-36(47)50-23-26-9-17-30(38)18-10-26/h7-18,24,42H,4-6,19-23H2,1-3H3. The zero-order chi connectivity index (χ0) is 35.4. The lowest BCUT2D eigenvalue weighted by Crippen LogP contribution is -2.30. The highest BCUT2D eigenvalue weighted by atomic mass is 32.2. The maximum atomic E-state index is 13.5. The van der Waals surface area contributed by atoms with E-state index in [0.29, 0.717) is 41.8 Å². The molecular weight excluding hydrogens is 667 g/mol. The van der Waals surface area contributed by atoms with Crippen LogP contribution in [0.5, 0.6) is 0 Å². The van der Waals surface area contributed by atoms with Crippen molar-refractivity contribution in [1.82, 2.24) is 34.5 Å². The van der Waals surface area contributed by atoms with E-state index >= 15 is 0 Å². The topological polar surface area (TPSA) is 80.9 Å². The number of fused-ring (bicyclic) bond motifs is 1. The molecular formula is C37H39F4N7OS. The van der Waals surface area contributed by atoms with Gasteiger partial charge in [-0.15, -0.1) is 10.2 Å². The van der Waals surface area contributed by atoms with Gasteiger partial charge < -0.3 is 19.4 Å². The number of aromatic nitrogens is 5. The minimum atomic E-state index is -4.39. The fraction of sp³-hybridized carbons (Fsp3) is 0.351. The third kappa shape index (κ3) is 8.34. The number of halogens is 4. The first-order valence-corrected chi connectivity index (χ1v) is 17.5. The van der Waals surface area contributed by atoms with Gasteiger partial charge in [-0.05, 0) is 86.8 Å². The molecule has 5 aromatic rings. The molecule has 1 atom stereocenters. The summed E-state index contributed by atoms with van der Waals surface area (Å²) in [5.41, 5.74) is 4.20. The van der Waals surface area contributed by atoms with Gasteiger partial charge in [0.25, 0.3) is 5.56 Å². The van der Waals surface area contributed by atoms with E-state index in [2.05, 4.69) is 41.5 Å². The number of nitrogens with one attached hydrogen (secondary N) is 1. The molecule has 13 heteroatoms. The highest BCUT2D eigenvalue weighted by Crippen LogP contribution is 2.32. The van der Waals surface area contributed by atoms with Crippen molar-refractivity contribution in [3.05, 3.63) is 129 Å². The number of alkyl halides is 3. The predicted octanol–water partition coefficient (Wildman–Crippen LogP) is 6.75. The van der Waals surface area contributed by atoms with Crippen molar-refractivity contribution in [2.45, 2.75) is 62.4 Å². The van der Waals surface area contributed by atoms with Gasteiger partial charge in [-0.1, -0.05) is 60.3 Å². The van der Waals surface area contributed by atoms with Gasteiger partial charge in [0, 0.05) is 30.1 Å².